The maximum atomic E-state index is 12.9. The number of hydrogen-bond donors (Lipinski definition) is 0. The Balaban J connectivity index is 1.63. The second-order valence-electron chi connectivity index (χ2n) is 6.43. The number of benzene rings is 2. The lowest BCUT2D eigenvalue weighted by Crippen LogP contribution is -2.45. The zero-order chi connectivity index (χ0) is 18.4. The zero-order valence-electron chi connectivity index (χ0n) is 14.2. The van der Waals surface area contributed by atoms with Crippen LogP contribution >= 0.6 is 0 Å². The van der Waals surface area contributed by atoms with Crippen molar-refractivity contribution in [2.45, 2.75) is 13.3 Å². The van der Waals surface area contributed by atoms with Gasteiger partial charge in [-0.2, -0.15) is 0 Å². The van der Waals surface area contributed by atoms with Gasteiger partial charge in [0.15, 0.2) is 5.78 Å². The summed E-state index contributed by atoms with van der Waals surface area (Å²) in [5.41, 5.74) is 2.52. The molecule has 2 aliphatic rings. The molecule has 0 fully saturated rings. The monoisotopic (exact) mass is 348 g/mol. The van der Waals surface area contributed by atoms with Gasteiger partial charge in [0.25, 0.3) is 11.8 Å². The lowest BCUT2D eigenvalue weighted by atomic mass is 9.97. The lowest BCUT2D eigenvalue weighted by Gasteiger charge is -2.31. The van der Waals surface area contributed by atoms with Crippen LogP contribution in [0.4, 0.5) is 5.69 Å². The van der Waals surface area contributed by atoms with Gasteiger partial charge in [-0.1, -0.05) is 24.3 Å². The lowest BCUT2D eigenvalue weighted by molar-refractivity contribution is -0.119. The summed E-state index contributed by atoms with van der Waals surface area (Å²) in [7, 11) is 0. The largest absolute Gasteiger partial charge is 0.309 e. The normalized spacial score (nSPS) is 16.0. The highest BCUT2D eigenvalue weighted by atomic mass is 16.2. The number of anilines is 1. The Kier molecular flexibility index (Phi) is 3.68. The summed E-state index contributed by atoms with van der Waals surface area (Å²) < 4.78 is 0. The van der Waals surface area contributed by atoms with E-state index in [4.69, 9.17) is 0 Å². The van der Waals surface area contributed by atoms with Crippen LogP contribution in [-0.2, 0) is 4.79 Å². The van der Waals surface area contributed by atoms with Gasteiger partial charge in [-0.15, -0.1) is 0 Å². The van der Waals surface area contributed by atoms with E-state index in [1.165, 1.54) is 4.90 Å². The van der Waals surface area contributed by atoms with Crippen molar-refractivity contribution in [3.63, 3.8) is 0 Å². The number of ketones is 1. The fourth-order valence-electron chi connectivity index (χ4n) is 3.55. The number of aryl methyl sites for hydroxylation is 1. The topological polar surface area (TPSA) is 74.8 Å². The summed E-state index contributed by atoms with van der Waals surface area (Å²) in [6.07, 6.45) is 0.226. The third-order valence-corrected chi connectivity index (χ3v) is 4.84. The van der Waals surface area contributed by atoms with Crippen LogP contribution in [0.1, 0.15) is 43.1 Å². The van der Waals surface area contributed by atoms with Crippen LogP contribution in [0, 0.1) is 6.92 Å². The van der Waals surface area contributed by atoms with E-state index >= 15 is 0 Å². The molecule has 2 aromatic carbocycles. The summed E-state index contributed by atoms with van der Waals surface area (Å²) in [6.45, 7) is 1.74. The van der Waals surface area contributed by atoms with E-state index in [0.29, 0.717) is 22.4 Å². The summed E-state index contributed by atoms with van der Waals surface area (Å²) >= 11 is 0. The van der Waals surface area contributed by atoms with Crippen LogP contribution in [0.2, 0.25) is 0 Å². The average molecular weight is 348 g/mol. The molecule has 4 rings (SSSR count). The molecule has 0 unspecified atom stereocenters. The first-order valence-electron chi connectivity index (χ1n) is 8.37. The first-order valence-corrected chi connectivity index (χ1v) is 8.37. The number of para-hydroxylation sites is 1. The molecular weight excluding hydrogens is 332 g/mol. The fraction of sp³-hybridized carbons (Fsp3) is 0.200. The smallest absolute Gasteiger partial charge is 0.262 e. The molecule has 0 aromatic heterocycles. The number of carbonyl (C=O) groups excluding carboxylic acids is 4. The zero-order valence-corrected chi connectivity index (χ0v) is 14.2. The molecule has 2 heterocycles. The van der Waals surface area contributed by atoms with E-state index in [2.05, 4.69) is 0 Å². The van der Waals surface area contributed by atoms with Gasteiger partial charge in [-0.3, -0.25) is 24.1 Å². The molecule has 6 heteroatoms. The van der Waals surface area contributed by atoms with Crippen molar-refractivity contribution in [3.8, 4) is 0 Å². The molecule has 3 amide bonds. The molecule has 0 N–H and O–H groups in total. The Bertz CT molecular complexity index is 945. The van der Waals surface area contributed by atoms with Crippen LogP contribution in [-0.4, -0.2) is 41.5 Å². The van der Waals surface area contributed by atoms with Crippen molar-refractivity contribution in [1.29, 1.82) is 0 Å². The van der Waals surface area contributed by atoms with Crippen LogP contribution in [0.15, 0.2) is 42.5 Å². The maximum absolute atomic E-state index is 12.9. The second-order valence-corrected chi connectivity index (χ2v) is 6.43. The summed E-state index contributed by atoms with van der Waals surface area (Å²) in [5.74, 6) is -1.30. The minimum atomic E-state index is -0.461. The number of fused-ring (bicyclic) bond motifs is 2. The predicted molar refractivity (Wildman–Crippen MR) is 94.3 cm³/mol. The highest BCUT2D eigenvalue weighted by Gasteiger charge is 2.38. The van der Waals surface area contributed by atoms with Crippen LogP contribution in [0.3, 0.4) is 0 Å². The number of hydrogen-bond acceptors (Lipinski definition) is 4. The van der Waals surface area contributed by atoms with E-state index < -0.39 is 11.8 Å². The summed E-state index contributed by atoms with van der Waals surface area (Å²) in [4.78, 5) is 52.5. The van der Waals surface area contributed by atoms with Crippen molar-refractivity contribution < 1.29 is 19.2 Å². The van der Waals surface area contributed by atoms with Gasteiger partial charge in [0.05, 0.1) is 16.8 Å². The van der Waals surface area contributed by atoms with Crippen LogP contribution in [0.25, 0.3) is 0 Å². The molecule has 130 valence electrons. The molecule has 2 aliphatic heterocycles. The van der Waals surface area contributed by atoms with Gasteiger partial charge >= 0.3 is 0 Å². The Hall–Kier alpha value is -3.28. The van der Waals surface area contributed by atoms with E-state index in [9.17, 15) is 19.2 Å². The average Bonchev–Trinajstić information content (AvgIpc) is 2.88. The maximum Gasteiger partial charge on any atom is 0.262 e. The van der Waals surface area contributed by atoms with Crippen molar-refractivity contribution >= 4 is 29.2 Å². The molecule has 0 spiro atoms. The molecule has 0 radical (unpaired) electrons. The highest BCUT2D eigenvalue weighted by molar-refractivity contribution is 6.23. The minimum absolute atomic E-state index is 0.00604. The molecule has 26 heavy (non-hydrogen) atoms. The molecule has 0 bridgehead atoms. The SMILES string of the molecule is Cc1cccc2c1N(C(=O)CN1C(=O)c3ccccc3C1=O)CCC2=O. The molecule has 6 nitrogen and oxygen atoms in total. The number of amides is 3. The quantitative estimate of drug-likeness (QED) is 0.780. The number of Topliss-reactive ketones (excluding diaryl/α,β-unsaturated/α-hetero) is 1. The summed E-state index contributed by atoms with van der Waals surface area (Å²) in [6, 6.07) is 11.9. The second kappa shape index (κ2) is 5.91. The van der Waals surface area contributed by atoms with Crippen LogP contribution < -0.4 is 4.90 Å². The Morgan fingerprint density at radius 3 is 2.19 bits per heavy atom. The Labute approximate surface area is 150 Å². The van der Waals surface area contributed by atoms with Gasteiger partial charge in [-0.25, -0.2) is 0 Å². The molecule has 0 saturated heterocycles. The number of nitrogens with zero attached hydrogens (tertiary/aromatic N) is 2. The van der Waals surface area contributed by atoms with Gasteiger partial charge in [0.2, 0.25) is 5.91 Å². The molecule has 0 atom stereocenters. The van der Waals surface area contributed by atoms with Gasteiger partial charge in [-0.05, 0) is 30.7 Å². The number of imide groups is 1. The molecule has 2 aromatic rings. The number of carbonyl (C=O) groups is 4. The predicted octanol–water partition coefficient (Wildman–Crippen LogP) is 2.21. The van der Waals surface area contributed by atoms with Crippen molar-refractivity contribution in [1.82, 2.24) is 4.90 Å². The van der Waals surface area contributed by atoms with E-state index in [0.717, 1.165) is 10.5 Å². The van der Waals surface area contributed by atoms with Gasteiger partial charge in [0, 0.05) is 18.5 Å². The molecular formula is C20H16N2O4. The van der Waals surface area contributed by atoms with Gasteiger partial charge < -0.3 is 4.90 Å². The highest BCUT2D eigenvalue weighted by Crippen LogP contribution is 2.31. The van der Waals surface area contributed by atoms with Gasteiger partial charge in [0.1, 0.15) is 6.54 Å². The Morgan fingerprint density at radius 2 is 1.54 bits per heavy atom. The van der Waals surface area contributed by atoms with E-state index in [1.54, 1.807) is 36.4 Å². The standard InChI is InChI=1S/C20H16N2O4/c1-12-5-4-8-15-16(23)9-10-21(18(12)15)17(24)11-22-19(25)13-6-2-3-7-14(13)20(22)26/h2-8H,9-11H2,1H3. The molecule has 0 saturated carbocycles. The summed E-state index contributed by atoms with van der Waals surface area (Å²) in [5, 5.41) is 0. The third kappa shape index (κ3) is 2.34. The van der Waals surface area contributed by atoms with Crippen molar-refractivity contribution in [2.75, 3.05) is 18.0 Å². The van der Waals surface area contributed by atoms with Crippen molar-refractivity contribution in [2.24, 2.45) is 0 Å². The van der Waals surface area contributed by atoms with Crippen molar-refractivity contribution in [3.05, 3.63) is 64.7 Å². The molecule has 0 aliphatic carbocycles. The Morgan fingerprint density at radius 1 is 0.923 bits per heavy atom. The first kappa shape index (κ1) is 16.2. The first-order chi connectivity index (χ1) is 12.5. The van der Waals surface area contributed by atoms with E-state index in [1.807, 2.05) is 13.0 Å². The minimum Gasteiger partial charge on any atom is -0.309 e. The third-order valence-electron chi connectivity index (χ3n) is 4.84. The fourth-order valence-corrected chi connectivity index (χ4v) is 3.55. The van der Waals surface area contributed by atoms with E-state index in [-0.39, 0.29) is 31.2 Å². The number of rotatable bonds is 2. The van der Waals surface area contributed by atoms with Crippen LogP contribution in [0.5, 0.6) is 0 Å².